The van der Waals surface area contributed by atoms with E-state index in [0.29, 0.717) is 55.3 Å². The molecule has 0 aromatic heterocycles. The molecule has 10 nitrogen and oxygen atoms in total. The van der Waals surface area contributed by atoms with Gasteiger partial charge in [-0.25, -0.2) is 0 Å². The number of likely N-dealkylation sites (N-methyl/N-ethyl adjacent to an activating group) is 1. The van der Waals surface area contributed by atoms with Crippen molar-refractivity contribution in [2.24, 2.45) is 0 Å². The zero-order chi connectivity index (χ0) is 29.9. The minimum absolute atomic E-state index is 0.0666. The van der Waals surface area contributed by atoms with E-state index in [0.717, 1.165) is 48.1 Å². The molecule has 0 saturated heterocycles. The Morgan fingerprint density at radius 2 is 1.73 bits per heavy atom. The number of nitrogens with zero attached hydrogens (tertiary/aromatic N) is 1. The maximum atomic E-state index is 13.4. The third-order valence-electron chi connectivity index (χ3n) is 7.19. The molecule has 10 heteroatoms. The highest BCUT2D eigenvalue weighted by atomic mass is 16.5. The second kappa shape index (κ2) is 15.3. The predicted molar refractivity (Wildman–Crippen MR) is 161 cm³/mol. The smallest absolute Gasteiger partial charge is 0.220 e. The van der Waals surface area contributed by atoms with Crippen molar-refractivity contribution in [2.75, 3.05) is 60.4 Å². The van der Waals surface area contributed by atoms with E-state index in [4.69, 9.17) is 14.2 Å². The summed E-state index contributed by atoms with van der Waals surface area (Å²) in [7, 11) is 8.67. The monoisotopic (exact) mass is 568 g/mol. The summed E-state index contributed by atoms with van der Waals surface area (Å²) in [5, 5.41) is 9.23. The second-order valence-electron chi connectivity index (χ2n) is 10.5. The van der Waals surface area contributed by atoms with Gasteiger partial charge in [0.25, 0.3) is 0 Å². The number of carbonyl (C=O) groups is 2. The third kappa shape index (κ3) is 8.36. The summed E-state index contributed by atoms with van der Waals surface area (Å²) in [6.07, 6.45) is 4.22. The number of benzene rings is 1. The molecule has 3 rings (SSSR count). The molecule has 3 N–H and O–H groups in total. The van der Waals surface area contributed by atoms with Crippen molar-refractivity contribution in [2.45, 2.75) is 51.5 Å². The summed E-state index contributed by atoms with van der Waals surface area (Å²) in [5.41, 5.74) is 3.63. The molecule has 2 aromatic carbocycles. The summed E-state index contributed by atoms with van der Waals surface area (Å²) in [4.78, 5) is 39.5. The summed E-state index contributed by atoms with van der Waals surface area (Å²) in [5.74, 6) is 1.44. The van der Waals surface area contributed by atoms with Gasteiger partial charge in [-0.15, -0.1) is 0 Å². The van der Waals surface area contributed by atoms with Crippen LogP contribution in [0.3, 0.4) is 0 Å². The first-order valence-electron chi connectivity index (χ1n) is 14.1. The fourth-order valence-corrected chi connectivity index (χ4v) is 5.17. The van der Waals surface area contributed by atoms with Crippen LogP contribution in [-0.2, 0) is 16.0 Å². The Labute approximate surface area is 242 Å². The highest BCUT2D eigenvalue weighted by Gasteiger charge is 2.29. The first kappa shape index (κ1) is 31.7. The Kier molecular flexibility index (Phi) is 11.8. The van der Waals surface area contributed by atoms with Gasteiger partial charge in [0.1, 0.15) is 0 Å². The molecule has 1 unspecified atom stereocenters. The Morgan fingerprint density at radius 3 is 2.39 bits per heavy atom. The van der Waals surface area contributed by atoms with E-state index in [1.54, 1.807) is 33.5 Å². The standard InChI is InChI=1S/C31H44N4O6/c1-20(36)34-24-13-11-21-18-27(39-4)30(40-5)31(41-6)29(21)22-12-14-25(26(37)19-23(22)24)32-15-9-7-8-10-28(38)33-16-17-35(2)3/h12,14,18-19,24H,7-11,13,15-17H2,1-6H3,(H,32,37)(H,33,38)(H,34,36). The molecule has 1 atom stereocenters. The van der Waals surface area contributed by atoms with Crippen LogP contribution in [0.5, 0.6) is 17.2 Å². The first-order valence-corrected chi connectivity index (χ1v) is 14.1. The van der Waals surface area contributed by atoms with Crippen molar-refractivity contribution in [1.29, 1.82) is 0 Å². The van der Waals surface area contributed by atoms with Crippen LogP contribution in [0.4, 0.5) is 5.69 Å². The number of methoxy groups -OCH3 is 3. The quantitative estimate of drug-likeness (QED) is 0.297. The first-order chi connectivity index (χ1) is 19.7. The van der Waals surface area contributed by atoms with Crippen LogP contribution < -0.4 is 35.6 Å². The SMILES string of the molecule is COc1cc2c(c(OC)c1OC)-c1ccc(NCCCCCC(=O)NCCN(C)C)c(=O)cc1C(NC(C)=O)CC2. The van der Waals surface area contributed by atoms with Gasteiger partial charge in [0.05, 0.1) is 33.1 Å². The summed E-state index contributed by atoms with van der Waals surface area (Å²) in [6, 6.07) is 6.89. The molecule has 0 radical (unpaired) electrons. The van der Waals surface area contributed by atoms with E-state index in [1.807, 2.05) is 31.1 Å². The Bertz CT molecular complexity index is 1280. The van der Waals surface area contributed by atoms with Crippen molar-refractivity contribution < 1.29 is 23.8 Å². The summed E-state index contributed by atoms with van der Waals surface area (Å²) >= 11 is 0. The van der Waals surface area contributed by atoms with E-state index in [-0.39, 0.29) is 23.3 Å². The average Bonchev–Trinajstić information content (AvgIpc) is 3.17. The zero-order valence-electron chi connectivity index (χ0n) is 25.1. The van der Waals surface area contributed by atoms with Gasteiger partial charge in [-0.2, -0.15) is 0 Å². The minimum atomic E-state index is -0.353. The van der Waals surface area contributed by atoms with Gasteiger partial charge in [0.15, 0.2) is 11.5 Å². The molecule has 1 aliphatic carbocycles. The van der Waals surface area contributed by atoms with E-state index in [1.165, 1.54) is 6.92 Å². The molecule has 0 fully saturated rings. The lowest BCUT2D eigenvalue weighted by Crippen LogP contribution is -2.31. The normalized spacial score (nSPS) is 13.9. The van der Waals surface area contributed by atoms with Gasteiger partial charge < -0.3 is 35.1 Å². The van der Waals surface area contributed by atoms with Crippen molar-refractivity contribution in [1.82, 2.24) is 15.5 Å². The lowest BCUT2D eigenvalue weighted by atomic mass is 9.95. The maximum Gasteiger partial charge on any atom is 0.220 e. The van der Waals surface area contributed by atoms with Crippen LogP contribution in [0.25, 0.3) is 11.1 Å². The number of anilines is 1. The molecule has 2 amide bonds. The number of carbonyl (C=O) groups excluding carboxylic acids is 2. The van der Waals surface area contributed by atoms with E-state index in [2.05, 4.69) is 16.0 Å². The molecule has 0 spiro atoms. The highest BCUT2D eigenvalue weighted by molar-refractivity contribution is 5.83. The molecule has 224 valence electrons. The number of ether oxygens (including phenoxy) is 3. The average molecular weight is 569 g/mol. The van der Waals surface area contributed by atoms with Gasteiger partial charge in [-0.05, 0) is 74.7 Å². The number of amides is 2. The van der Waals surface area contributed by atoms with Gasteiger partial charge >= 0.3 is 0 Å². The van der Waals surface area contributed by atoms with E-state index in [9.17, 15) is 14.4 Å². The molecule has 0 bridgehead atoms. The molecule has 2 aromatic rings. The maximum absolute atomic E-state index is 13.4. The number of hydrogen-bond acceptors (Lipinski definition) is 8. The van der Waals surface area contributed by atoms with Crippen LogP contribution in [0.15, 0.2) is 29.1 Å². The fraction of sp³-hybridized carbons (Fsp3) is 0.516. The summed E-state index contributed by atoms with van der Waals surface area (Å²) < 4.78 is 17.1. The van der Waals surface area contributed by atoms with Gasteiger partial charge in [-0.3, -0.25) is 14.4 Å². The largest absolute Gasteiger partial charge is 0.493 e. The van der Waals surface area contributed by atoms with E-state index < -0.39 is 0 Å². The van der Waals surface area contributed by atoms with Crippen LogP contribution in [0, 0.1) is 0 Å². The Balaban J connectivity index is 1.83. The molecule has 41 heavy (non-hydrogen) atoms. The molecule has 1 aliphatic rings. The highest BCUT2D eigenvalue weighted by Crippen LogP contribution is 2.50. The molecular formula is C31H44N4O6. The van der Waals surface area contributed by atoms with Gasteiger partial charge in [0.2, 0.25) is 23.0 Å². The van der Waals surface area contributed by atoms with Crippen molar-refractivity contribution in [3.05, 3.63) is 45.6 Å². The van der Waals surface area contributed by atoms with Crippen LogP contribution in [-0.4, -0.2) is 71.8 Å². The number of unbranched alkanes of at least 4 members (excludes halogenated alkanes) is 2. The lowest BCUT2D eigenvalue weighted by Gasteiger charge is -2.19. The molecule has 0 heterocycles. The van der Waals surface area contributed by atoms with E-state index >= 15 is 0 Å². The Morgan fingerprint density at radius 1 is 0.976 bits per heavy atom. The number of nitrogens with one attached hydrogen (secondary N) is 3. The van der Waals surface area contributed by atoms with Crippen LogP contribution >= 0.6 is 0 Å². The van der Waals surface area contributed by atoms with Crippen molar-refractivity contribution in [3.8, 4) is 28.4 Å². The van der Waals surface area contributed by atoms with Gasteiger partial charge in [-0.1, -0.05) is 12.5 Å². The molecule has 0 aliphatic heterocycles. The Hall–Kier alpha value is -3.79. The van der Waals surface area contributed by atoms with Crippen LogP contribution in [0.2, 0.25) is 0 Å². The lowest BCUT2D eigenvalue weighted by molar-refractivity contribution is -0.121. The summed E-state index contributed by atoms with van der Waals surface area (Å²) in [6.45, 7) is 3.54. The second-order valence-corrected chi connectivity index (χ2v) is 10.5. The zero-order valence-corrected chi connectivity index (χ0v) is 25.1. The molecular weight excluding hydrogens is 524 g/mol. The minimum Gasteiger partial charge on any atom is -0.493 e. The topological polar surface area (TPSA) is 118 Å². The number of aryl methyl sites for hydroxylation is 1. The van der Waals surface area contributed by atoms with Crippen LogP contribution in [0.1, 0.15) is 56.2 Å². The number of fused-ring (bicyclic) bond motifs is 3. The number of hydrogen-bond donors (Lipinski definition) is 3. The fourth-order valence-electron chi connectivity index (χ4n) is 5.17. The third-order valence-corrected chi connectivity index (χ3v) is 7.19. The molecule has 0 saturated carbocycles. The predicted octanol–water partition coefficient (Wildman–Crippen LogP) is 3.51. The number of rotatable bonds is 14. The van der Waals surface area contributed by atoms with Gasteiger partial charge in [0, 0.05) is 38.5 Å². The van der Waals surface area contributed by atoms with Crippen molar-refractivity contribution >= 4 is 17.5 Å². The van der Waals surface area contributed by atoms with Crippen molar-refractivity contribution in [3.63, 3.8) is 0 Å².